The van der Waals surface area contributed by atoms with Gasteiger partial charge in [-0.25, -0.2) is 4.68 Å². The van der Waals surface area contributed by atoms with Gasteiger partial charge in [0.1, 0.15) is 18.2 Å². The predicted molar refractivity (Wildman–Crippen MR) is 145 cm³/mol. The van der Waals surface area contributed by atoms with Crippen LogP contribution in [0.25, 0.3) is 11.0 Å². The highest BCUT2D eigenvalue weighted by Gasteiger charge is 2.76. The molecule has 206 valence electrons. The molecule has 0 saturated carbocycles. The average molecular weight is 543 g/mol. The van der Waals surface area contributed by atoms with E-state index in [9.17, 15) is 14.4 Å². The zero-order valence-corrected chi connectivity index (χ0v) is 23.0. The lowest BCUT2D eigenvalue weighted by Gasteiger charge is -2.34. The number of nitrogens with zero attached hydrogens (tertiary/aromatic N) is 4. The van der Waals surface area contributed by atoms with Gasteiger partial charge in [0.05, 0.1) is 22.1 Å². The summed E-state index contributed by atoms with van der Waals surface area (Å²) in [7, 11) is 0. The van der Waals surface area contributed by atoms with Crippen LogP contribution in [0.4, 0.5) is 0 Å². The molecule has 3 aliphatic heterocycles. The maximum absolute atomic E-state index is 14.0. The molecule has 11 heteroatoms. The molecular formula is C27H38N6O4S. The number of rotatable bonds is 12. The summed E-state index contributed by atoms with van der Waals surface area (Å²) in [6, 6.07) is 6.92. The van der Waals surface area contributed by atoms with Crippen LogP contribution >= 0.6 is 11.8 Å². The van der Waals surface area contributed by atoms with Crippen LogP contribution in [0.2, 0.25) is 0 Å². The van der Waals surface area contributed by atoms with Gasteiger partial charge in [-0.05, 0) is 51.2 Å². The quantitative estimate of drug-likeness (QED) is 0.350. The Kier molecular flexibility index (Phi) is 7.68. The Morgan fingerprint density at radius 3 is 2.71 bits per heavy atom. The van der Waals surface area contributed by atoms with Gasteiger partial charge in [-0.1, -0.05) is 37.1 Å². The molecule has 10 nitrogen and oxygen atoms in total. The summed E-state index contributed by atoms with van der Waals surface area (Å²) in [5.41, 5.74) is 1.57. The molecule has 0 aliphatic carbocycles. The van der Waals surface area contributed by atoms with Crippen molar-refractivity contribution in [2.45, 2.75) is 81.0 Å². The minimum absolute atomic E-state index is 0.0696. The second-order valence-corrected chi connectivity index (χ2v) is 12.9. The van der Waals surface area contributed by atoms with Crippen molar-refractivity contribution in [2.24, 2.45) is 11.8 Å². The number of carbonyl (C=O) groups is 3. The van der Waals surface area contributed by atoms with Gasteiger partial charge in [-0.2, -0.15) is 0 Å². The number of benzene rings is 1. The number of hydrogen-bond donors (Lipinski definition) is 3. The van der Waals surface area contributed by atoms with E-state index in [0.717, 1.165) is 56.0 Å². The number of thioether (sulfide) groups is 1. The SMILES string of the molecule is CCCNC(=O)[C@H]1[C@H]2C(=O)N(CCCCCCO)C(C(=O)NCn3nnc4ccccc43)C23CC[C@]1(C)S3. The molecule has 2 unspecified atom stereocenters. The van der Waals surface area contributed by atoms with E-state index < -0.39 is 22.6 Å². The third-order valence-electron chi connectivity index (χ3n) is 8.49. The molecule has 1 aromatic carbocycles. The lowest BCUT2D eigenvalue weighted by molar-refractivity contribution is -0.140. The highest BCUT2D eigenvalue weighted by Crippen LogP contribution is 2.71. The first kappa shape index (κ1) is 26.9. The number of aliphatic hydroxyl groups is 1. The summed E-state index contributed by atoms with van der Waals surface area (Å²) in [5, 5.41) is 23.5. The molecule has 0 radical (unpaired) electrons. The van der Waals surface area contributed by atoms with E-state index >= 15 is 0 Å². The number of carbonyl (C=O) groups excluding carboxylic acids is 3. The molecule has 2 bridgehead atoms. The van der Waals surface area contributed by atoms with E-state index in [4.69, 9.17) is 5.11 Å². The second kappa shape index (κ2) is 10.8. The highest BCUT2D eigenvalue weighted by atomic mass is 32.2. The monoisotopic (exact) mass is 542 g/mol. The highest BCUT2D eigenvalue weighted by molar-refractivity contribution is 8.02. The van der Waals surface area contributed by atoms with Crippen molar-refractivity contribution in [3.63, 3.8) is 0 Å². The van der Waals surface area contributed by atoms with E-state index in [0.29, 0.717) is 13.1 Å². The van der Waals surface area contributed by atoms with Crippen LogP contribution in [-0.4, -0.2) is 78.0 Å². The van der Waals surface area contributed by atoms with Crippen molar-refractivity contribution in [1.29, 1.82) is 0 Å². The van der Waals surface area contributed by atoms with Gasteiger partial charge < -0.3 is 20.6 Å². The smallest absolute Gasteiger partial charge is 0.245 e. The summed E-state index contributed by atoms with van der Waals surface area (Å²) in [4.78, 5) is 43.1. The maximum Gasteiger partial charge on any atom is 0.245 e. The van der Waals surface area contributed by atoms with Gasteiger partial charge in [0.25, 0.3) is 0 Å². The van der Waals surface area contributed by atoms with E-state index in [2.05, 4.69) is 27.9 Å². The van der Waals surface area contributed by atoms with Crippen LogP contribution in [0.3, 0.4) is 0 Å². The Labute approximate surface area is 227 Å². The first-order valence-electron chi connectivity index (χ1n) is 13.8. The number of aliphatic hydroxyl groups excluding tert-OH is 1. The van der Waals surface area contributed by atoms with Crippen molar-refractivity contribution in [3.05, 3.63) is 24.3 Å². The van der Waals surface area contributed by atoms with Crippen molar-refractivity contribution >= 4 is 40.5 Å². The van der Waals surface area contributed by atoms with Gasteiger partial charge >= 0.3 is 0 Å². The predicted octanol–water partition coefficient (Wildman–Crippen LogP) is 2.07. The summed E-state index contributed by atoms with van der Waals surface area (Å²) in [5.74, 6) is -1.31. The van der Waals surface area contributed by atoms with Gasteiger partial charge in [0.2, 0.25) is 17.7 Å². The van der Waals surface area contributed by atoms with Crippen LogP contribution in [0.1, 0.15) is 58.8 Å². The topological polar surface area (TPSA) is 129 Å². The number of unbranched alkanes of at least 4 members (excludes halogenated alkanes) is 3. The molecular weight excluding hydrogens is 504 g/mol. The molecule has 38 heavy (non-hydrogen) atoms. The van der Waals surface area contributed by atoms with Crippen molar-refractivity contribution in [1.82, 2.24) is 30.5 Å². The minimum atomic E-state index is -0.650. The Hall–Kier alpha value is -2.66. The van der Waals surface area contributed by atoms with Crippen LogP contribution in [0, 0.1) is 11.8 Å². The standard InChI is InChI=1S/C27H38N6O4S/c1-3-14-28-23(35)20-21-25(37)32(15-8-4-5-9-16-34)22(27(21)13-12-26(20,2)38-27)24(36)29-17-33-19-11-7-6-10-18(19)30-31-33/h6-7,10-11,20-22,34H,3-5,8-9,12-17H2,1-2H3,(H,28,35)(H,29,36)/t20-,21+,22?,26+,27?/m1/s1. The van der Waals surface area contributed by atoms with E-state index in [1.165, 1.54) is 0 Å². The van der Waals surface area contributed by atoms with E-state index in [1.54, 1.807) is 21.3 Å². The molecule has 3 fully saturated rings. The number of hydrogen-bond acceptors (Lipinski definition) is 7. The normalized spacial score (nSPS) is 29.7. The van der Waals surface area contributed by atoms with Crippen LogP contribution in [-0.2, 0) is 21.1 Å². The molecule has 3 aliphatic rings. The lowest BCUT2D eigenvalue weighted by atomic mass is 9.66. The number of amides is 3. The van der Waals surface area contributed by atoms with E-state index in [1.807, 2.05) is 31.2 Å². The maximum atomic E-state index is 14.0. The first-order valence-corrected chi connectivity index (χ1v) is 14.6. The molecule has 5 atom stereocenters. The number of fused-ring (bicyclic) bond motifs is 2. The fraction of sp³-hybridized carbons (Fsp3) is 0.667. The fourth-order valence-corrected chi connectivity index (χ4v) is 9.11. The van der Waals surface area contributed by atoms with Crippen molar-refractivity contribution in [3.8, 4) is 0 Å². The van der Waals surface area contributed by atoms with Crippen molar-refractivity contribution < 1.29 is 19.5 Å². The number of likely N-dealkylation sites (tertiary alicyclic amines) is 1. The summed E-state index contributed by atoms with van der Waals surface area (Å²) in [6.07, 6.45) is 5.57. The number of para-hydroxylation sites is 1. The average Bonchev–Trinajstić information content (AvgIpc) is 3.61. The van der Waals surface area contributed by atoms with Gasteiger partial charge in [0.15, 0.2) is 0 Å². The zero-order valence-electron chi connectivity index (χ0n) is 22.2. The first-order chi connectivity index (χ1) is 18.4. The summed E-state index contributed by atoms with van der Waals surface area (Å²) < 4.78 is 0.658. The molecule has 3 amide bonds. The zero-order chi connectivity index (χ0) is 26.9. The molecule has 2 aromatic rings. The molecule has 1 spiro atoms. The Balaban J connectivity index is 1.40. The number of nitrogens with one attached hydrogen (secondary N) is 2. The Bertz CT molecular complexity index is 1210. The lowest BCUT2D eigenvalue weighted by Crippen LogP contribution is -2.54. The van der Waals surface area contributed by atoms with Crippen LogP contribution in [0.5, 0.6) is 0 Å². The molecule has 1 aromatic heterocycles. The van der Waals surface area contributed by atoms with Gasteiger partial charge in [-0.3, -0.25) is 14.4 Å². The van der Waals surface area contributed by atoms with Gasteiger partial charge in [-0.15, -0.1) is 16.9 Å². The Morgan fingerprint density at radius 2 is 1.92 bits per heavy atom. The van der Waals surface area contributed by atoms with Gasteiger partial charge in [0, 0.05) is 24.4 Å². The fourth-order valence-electron chi connectivity index (χ4n) is 6.76. The van der Waals surface area contributed by atoms with Crippen LogP contribution in [0.15, 0.2) is 24.3 Å². The third kappa shape index (κ3) is 4.47. The Morgan fingerprint density at radius 1 is 1.13 bits per heavy atom. The van der Waals surface area contributed by atoms with Crippen molar-refractivity contribution in [2.75, 3.05) is 19.7 Å². The summed E-state index contributed by atoms with van der Waals surface area (Å²) >= 11 is 1.69. The third-order valence-corrected chi connectivity index (χ3v) is 10.5. The largest absolute Gasteiger partial charge is 0.396 e. The molecule has 3 N–H and O–H groups in total. The molecule has 4 heterocycles. The minimum Gasteiger partial charge on any atom is -0.396 e. The summed E-state index contributed by atoms with van der Waals surface area (Å²) in [6.45, 7) is 5.44. The van der Waals surface area contributed by atoms with E-state index in [-0.39, 0.29) is 35.7 Å². The second-order valence-electron chi connectivity index (χ2n) is 11.0. The number of aromatic nitrogens is 3. The molecule has 5 rings (SSSR count). The molecule has 3 saturated heterocycles. The van der Waals surface area contributed by atoms with Crippen LogP contribution < -0.4 is 10.6 Å².